The Balaban J connectivity index is 0.00000324. The number of nitrogens with zero attached hydrogens (tertiary/aromatic N) is 1. The maximum absolute atomic E-state index is 13.3. The molecule has 6 atom stereocenters. The third-order valence-electron chi connectivity index (χ3n) is 7.04. The SMILES string of the molecule is CN(C)[C@@H]1C(O)=C(C(N)=O)C(=O)[C@@]2(O)C(O)=C3C(=O)c4c(O)cccc4[C@@](C)(O)[C@H]3[C@H](O)[C@@H]12.[MgH2]. The Morgan fingerprint density at radius 3 is 2.24 bits per heavy atom. The van der Waals surface area contributed by atoms with E-state index in [9.17, 15) is 45.0 Å². The molecule has 4 rings (SSSR count). The van der Waals surface area contributed by atoms with E-state index in [-0.39, 0.29) is 34.2 Å². The number of Topliss-reactive ketones (excluding diaryl/α,β-unsaturated/α-hetero) is 2. The van der Waals surface area contributed by atoms with E-state index in [4.69, 9.17) is 5.73 Å². The predicted molar refractivity (Wildman–Crippen MR) is 119 cm³/mol. The van der Waals surface area contributed by atoms with Crippen LogP contribution in [0.15, 0.2) is 40.9 Å². The molecule has 1 aromatic rings. The molecule has 0 bridgehead atoms. The number of aromatic hydroxyl groups is 1. The van der Waals surface area contributed by atoms with Gasteiger partial charge in [0, 0.05) is 0 Å². The van der Waals surface area contributed by atoms with Crippen molar-refractivity contribution in [3.63, 3.8) is 0 Å². The van der Waals surface area contributed by atoms with Gasteiger partial charge in [-0.2, -0.15) is 0 Å². The third kappa shape index (κ3) is 3.00. The number of aliphatic hydroxyl groups is 5. The van der Waals surface area contributed by atoms with Crippen LogP contribution < -0.4 is 5.73 Å². The van der Waals surface area contributed by atoms with Gasteiger partial charge in [0.1, 0.15) is 22.8 Å². The largest absolute Gasteiger partial charge is 0.510 e. The van der Waals surface area contributed by atoms with Crippen LogP contribution in [0.1, 0.15) is 22.8 Å². The highest BCUT2D eigenvalue weighted by atomic mass is 24.3. The van der Waals surface area contributed by atoms with Gasteiger partial charge in [-0.05, 0) is 32.6 Å². The van der Waals surface area contributed by atoms with Crippen molar-refractivity contribution < 1.29 is 45.0 Å². The molecular formula is C22H26MgN2O9. The van der Waals surface area contributed by atoms with Gasteiger partial charge in [-0.15, -0.1) is 0 Å². The number of carbonyl (C=O) groups excluding carboxylic acids is 3. The second-order valence-electron chi connectivity index (χ2n) is 9.06. The summed E-state index contributed by atoms with van der Waals surface area (Å²) in [5.74, 6) is -9.66. The second-order valence-corrected chi connectivity index (χ2v) is 9.06. The molecule has 0 saturated heterocycles. The summed E-state index contributed by atoms with van der Waals surface area (Å²) in [6.45, 7) is 1.25. The van der Waals surface area contributed by atoms with Crippen LogP contribution in [-0.2, 0) is 15.2 Å². The summed E-state index contributed by atoms with van der Waals surface area (Å²) in [5, 5.41) is 66.5. The number of amides is 1. The Labute approximate surface area is 209 Å². The van der Waals surface area contributed by atoms with Crippen LogP contribution in [0.25, 0.3) is 0 Å². The molecule has 180 valence electrons. The number of phenolic OH excluding ortho intramolecular Hbond substituents is 1. The molecule has 3 aliphatic carbocycles. The average Bonchev–Trinajstić information content (AvgIpc) is 2.70. The van der Waals surface area contributed by atoms with Crippen molar-refractivity contribution in [3.8, 4) is 5.75 Å². The molecule has 0 spiro atoms. The van der Waals surface area contributed by atoms with Crippen molar-refractivity contribution in [2.45, 2.75) is 30.3 Å². The van der Waals surface area contributed by atoms with Crippen LogP contribution in [0, 0.1) is 11.8 Å². The number of carbonyl (C=O) groups is 3. The summed E-state index contributed by atoms with van der Waals surface area (Å²) < 4.78 is 0. The van der Waals surface area contributed by atoms with E-state index in [1.165, 1.54) is 44.1 Å². The number of fused-ring (bicyclic) bond motifs is 3. The number of phenols is 1. The fraction of sp³-hybridized carbons (Fsp3) is 0.409. The number of benzene rings is 1. The predicted octanol–water partition coefficient (Wildman–Crippen LogP) is -2.16. The first kappa shape index (κ1) is 26.1. The quantitative estimate of drug-likeness (QED) is 0.178. The molecule has 3 aliphatic rings. The number of rotatable bonds is 2. The molecule has 0 aromatic heterocycles. The van der Waals surface area contributed by atoms with Crippen LogP contribution in [-0.4, -0.2) is 108 Å². The molecule has 1 aromatic carbocycles. The van der Waals surface area contributed by atoms with Crippen LogP contribution in [0.5, 0.6) is 5.75 Å². The molecule has 12 heteroatoms. The lowest BCUT2D eigenvalue weighted by Gasteiger charge is -2.55. The van der Waals surface area contributed by atoms with Crippen molar-refractivity contribution in [1.82, 2.24) is 4.90 Å². The maximum Gasteiger partial charge on any atom is 0.316 e. The minimum atomic E-state index is -3.02. The van der Waals surface area contributed by atoms with E-state index in [0.29, 0.717) is 0 Å². The van der Waals surface area contributed by atoms with Gasteiger partial charge < -0.3 is 36.4 Å². The lowest BCUT2D eigenvalue weighted by molar-refractivity contribution is -0.173. The van der Waals surface area contributed by atoms with Crippen molar-refractivity contribution in [1.29, 1.82) is 0 Å². The van der Waals surface area contributed by atoms with Gasteiger partial charge in [0.25, 0.3) is 5.91 Å². The van der Waals surface area contributed by atoms with Crippen LogP contribution in [0.2, 0.25) is 0 Å². The van der Waals surface area contributed by atoms with Gasteiger partial charge in [0.05, 0.1) is 40.7 Å². The first-order chi connectivity index (χ1) is 15.2. The number of likely N-dealkylation sites (N-methyl/N-ethyl adjacent to an activating group) is 1. The fourth-order valence-corrected chi connectivity index (χ4v) is 5.60. The molecule has 0 heterocycles. The lowest BCUT2D eigenvalue weighted by atomic mass is 9.54. The molecule has 34 heavy (non-hydrogen) atoms. The molecule has 0 unspecified atom stereocenters. The summed E-state index contributed by atoms with van der Waals surface area (Å²) in [6, 6.07) is 2.54. The lowest BCUT2D eigenvalue weighted by Crippen LogP contribution is -2.70. The standard InChI is InChI=1S/C22H24N2O9.Mg.2H/c1-21(32)7-5-4-6-8(25)9(7)15(26)10-12(21)17(28)13-14(24(2)3)16(27)11(20(23)31)19(30)22(13,33)18(10)29;;;/h4-6,12-14,17,25,27-29,32-33H,1-3H3,(H2,23,31);;;/t12-,13-,14+,17+,21-,22+;;;/m1.../s1. The van der Waals surface area contributed by atoms with E-state index in [0.717, 1.165) is 0 Å². The molecular weight excluding hydrogens is 461 g/mol. The molecule has 8 N–H and O–H groups in total. The Hall–Kier alpha value is -2.48. The molecule has 0 fully saturated rings. The Bertz CT molecular complexity index is 1190. The number of hydrogen-bond acceptors (Lipinski definition) is 10. The minimum absolute atomic E-state index is 0. The van der Waals surface area contributed by atoms with E-state index < -0.39 is 81.1 Å². The Morgan fingerprint density at radius 1 is 1.12 bits per heavy atom. The third-order valence-corrected chi connectivity index (χ3v) is 7.04. The summed E-state index contributed by atoms with van der Waals surface area (Å²) in [5.41, 5.74) is -1.88. The topological polar surface area (TPSA) is 202 Å². The van der Waals surface area contributed by atoms with Crippen LogP contribution >= 0.6 is 0 Å². The van der Waals surface area contributed by atoms with Gasteiger partial charge in [-0.3, -0.25) is 19.3 Å². The van der Waals surface area contributed by atoms with Crippen LogP contribution in [0.4, 0.5) is 0 Å². The number of ketones is 2. The first-order valence-corrected chi connectivity index (χ1v) is 10.1. The van der Waals surface area contributed by atoms with Crippen molar-refractivity contribution in [2.75, 3.05) is 14.1 Å². The highest BCUT2D eigenvalue weighted by Crippen LogP contribution is 2.56. The molecule has 0 aliphatic heterocycles. The van der Waals surface area contributed by atoms with Crippen molar-refractivity contribution >= 4 is 40.5 Å². The number of hydrogen-bond donors (Lipinski definition) is 7. The second kappa shape index (κ2) is 8.04. The zero-order valence-electron chi connectivity index (χ0n) is 18.0. The van der Waals surface area contributed by atoms with Crippen molar-refractivity contribution in [3.05, 3.63) is 52.0 Å². The molecule has 1 amide bonds. The van der Waals surface area contributed by atoms with Crippen LogP contribution in [0.3, 0.4) is 0 Å². The minimum Gasteiger partial charge on any atom is -0.510 e. The van der Waals surface area contributed by atoms with Gasteiger partial charge in [0.15, 0.2) is 11.4 Å². The highest BCUT2D eigenvalue weighted by Gasteiger charge is 2.69. The molecule has 0 radical (unpaired) electrons. The van der Waals surface area contributed by atoms with Gasteiger partial charge >= 0.3 is 23.1 Å². The monoisotopic (exact) mass is 486 g/mol. The zero-order valence-corrected chi connectivity index (χ0v) is 18.0. The maximum atomic E-state index is 13.3. The zero-order chi connectivity index (χ0) is 24.8. The number of nitrogens with two attached hydrogens (primary N) is 1. The number of aliphatic hydroxyl groups excluding tert-OH is 3. The van der Waals surface area contributed by atoms with E-state index >= 15 is 0 Å². The summed E-state index contributed by atoms with van der Waals surface area (Å²) >= 11 is 0. The fourth-order valence-electron chi connectivity index (χ4n) is 5.60. The van der Waals surface area contributed by atoms with Gasteiger partial charge in [-0.1, -0.05) is 12.1 Å². The van der Waals surface area contributed by atoms with E-state index in [2.05, 4.69) is 0 Å². The van der Waals surface area contributed by atoms with E-state index in [1.54, 1.807) is 0 Å². The Morgan fingerprint density at radius 2 is 1.71 bits per heavy atom. The summed E-state index contributed by atoms with van der Waals surface area (Å²) in [6.07, 6.45) is -1.87. The average molecular weight is 487 g/mol. The number of primary amides is 1. The van der Waals surface area contributed by atoms with Gasteiger partial charge in [0.2, 0.25) is 5.78 Å². The molecule has 0 saturated carbocycles. The van der Waals surface area contributed by atoms with Crippen molar-refractivity contribution in [2.24, 2.45) is 17.6 Å². The highest BCUT2D eigenvalue weighted by molar-refractivity contribution is 6.25. The normalized spacial score (nSPS) is 34.9. The van der Waals surface area contributed by atoms with E-state index in [1.807, 2.05) is 0 Å². The van der Waals surface area contributed by atoms with Gasteiger partial charge in [-0.25, -0.2) is 0 Å². The summed E-state index contributed by atoms with van der Waals surface area (Å²) in [4.78, 5) is 39.8. The first-order valence-electron chi connectivity index (χ1n) is 10.1. The smallest absolute Gasteiger partial charge is 0.316 e. The molecule has 11 nitrogen and oxygen atoms in total. The summed E-state index contributed by atoms with van der Waals surface area (Å²) in [7, 11) is 2.85. The Kier molecular flexibility index (Phi) is 6.18.